The van der Waals surface area contributed by atoms with Crippen LogP contribution in [0.25, 0.3) is 15.9 Å². The first-order chi connectivity index (χ1) is 12.8. The largest absolute Gasteiger partial charge is 0.472 e. The number of fused-ring (bicyclic) bond motifs is 1. The van der Waals surface area contributed by atoms with Crippen molar-refractivity contribution in [2.45, 2.75) is 12.4 Å². The number of amides is 1. The van der Waals surface area contributed by atoms with Gasteiger partial charge in [0.15, 0.2) is 0 Å². The minimum Gasteiger partial charge on any atom is -0.377 e. The van der Waals surface area contributed by atoms with Crippen LogP contribution in [0.5, 0.6) is 0 Å². The second-order valence-electron chi connectivity index (χ2n) is 5.45. The quantitative estimate of drug-likeness (QED) is 0.580. The number of aromatic nitrogens is 2. The van der Waals surface area contributed by atoms with E-state index < -0.39 is 44.5 Å². The van der Waals surface area contributed by atoms with Gasteiger partial charge in [0.1, 0.15) is 4.70 Å². The van der Waals surface area contributed by atoms with E-state index in [1.807, 2.05) is 0 Å². The van der Waals surface area contributed by atoms with E-state index in [4.69, 9.17) is 5.41 Å². The fourth-order valence-corrected chi connectivity index (χ4v) is 3.09. The molecular weight excluding hydrogens is 416 g/mol. The standard InChI is InChI=1S/C14H11F6N5O2S/c1-24(2)7(3-4-21)6-5-28-9-8(6)22-11(13(15,16)17)25(10(9)26)23-12(27)14(18,19)20/h3-5,21H,1-2H3,(H,23,27)/b7-3+,21-4?. The third-order valence-electron chi connectivity index (χ3n) is 3.31. The summed E-state index contributed by atoms with van der Waals surface area (Å²) in [7, 11) is 3.07. The lowest BCUT2D eigenvalue weighted by Crippen LogP contribution is -2.43. The summed E-state index contributed by atoms with van der Waals surface area (Å²) in [6, 6.07) is 0. The van der Waals surface area contributed by atoms with E-state index in [0.717, 1.165) is 11.6 Å². The number of nitrogens with one attached hydrogen (secondary N) is 2. The van der Waals surface area contributed by atoms with Crippen molar-refractivity contribution in [1.82, 2.24) is 14.6 Å². The maximum Gasteiger partial charge on any atom is 0.472 e. The second-order valence-corrected chi connectivity index (χ2v) is 6.33. The number of allylic oxidation sites excluding steroid dienone is 1. The van der Waals surface area contributed by atoms with Crippen LogP contribution in [0.4, 0.5) is 26.3 Å². The Labute approximate surface area is 156 Å². The molecule has 0 aliphatic carbocycles. The highest BCUT2D eigenvalue weighted by Crippen LogP contribution is 2.33. The predicted molar refractivity (Wildman–Crippen MR) is 89.8 cm³/mol. The van der Waals surface area contributed by atoms with Gasteiger partial charge in [-0.3, -0.25) is 15.0 Å². The lowest BCUT2D eigenvalue weighted by molar-refractivity contribution is -0.169. The van der Waals surface area contributed by atoms with E-state index >= 15 is 0 Å². The summed E-state index contributed by atoms with van der Waals surface area (Å²) in [6.45, 7) is 0. The van der Waals surface area contributed by atoms with Crippen molar-refractivity contribution >= 4 is 39.4 Å². The molecule has 2 aromatic rings. The first kappa shape index (κ1) is 21.4. The highest BCUT2D eigenvalue weighted by atomic mass is 32.1. The first-order valence-electron chi connectivity index (χ1n) is 7.17. The molecule has 152 valence electrons. The van der Waals surface area contributed by atoms with Crippen molar-refractivity contribution < 1.29 is 31.1 Å². The Morgan fingerprint density at radius 3 is 2.36 bits per heavy atom. The Bertz CT molecular complexity index is 1020. The minimum atomic E-state index is -5.51. The molecular formula is C14H11F6N5O2S. The number of hydrogen-bond acceptors (Lipinski definition) is 6. The zero-order chi connectivity index (χ0) is 21.4. The Hall–Kier alpha value is -2.90. The van der Waals surface area contributed by atoms with E-state index in [2.05, 4.69) is 4.98 Å². The van der Waals surface area contributed by atoms with Crippen LogP contribution < -0.4 is 11.0 Å². The predicted octanol–water partition coefficient (Wildman–Crippen LogP) is 2.66. The van der Waals surface area contributed by atoms with Crippen molar-refractivity contribution in [3.8, 4) is 0 Å². The molecule has 2 aromatic heterocycles. The zero-order valence-corrected chi connectivity index (χ0v) is 14.9. The van der Waals surface area contributed by atoms with E-state index in [0.29, 0.717) is 11.3 Å². The van der Waals surface area contributed by atoms with Gasteiger partial charge >= 0.3 is 18.3 Å². The Morgan fingerprint density at radius 2 is 1.89 bits per heavy atom. The van der Waals surface area contributed by atoms with Gasteiger partial charge < -0.3 is 10.3 Å². The average molecular weight is 427 g/mol. The number of thiophene rings is 1. The molecule has 0 atom stereocenters. The maximum atomic E-state index is 13.3. The van der Waals surface area contributed by atoms with Crippen LogP contribution in [0.3, 0.4) is 0 Å². The number of halogens is 6. The highest BCUT2D eigenvalue weighted by Gasteiger charge is 2.43. The van der Waals surface area contributed by atoms with E-state index in [1.54, 1.807) is 0 Å². The van der Waals surface area contributed by atoms with Crippen LogP contribution in [-0.4, -0.2) is 47.0 Å². The van der Waals surface area contributed by atoms with Crippen molar-refractivity contribution in [1.29, 1.82) is 5.41 Å². The molecule has 0 aliphatic rings. The van der Waals surface area contributed by atoms with E-state index in [9.17, 15) is 35.9 Å². The number of hydrogen-bond donors (Lipinski definition) is 2. The normalized spacial score (nSPS) is 12.9. The molecule has 0 fully saturated rings. The van der Waals surface area contributed by atoms with Crippen molar-refractivity contribution in [3.63, 3.8) is 0 Å². The third-order valence-corrected chi connectivity index (χ3v) is 4.27. The summed E-state index contributed by atoms with van der Waals surface area (Å²) in [5.41, 5.74) is -0.700. The van der Waals surface area contributed by atoms with E-state index in [-0.39, 0.29) is 11.3 Å². The number of rotatable bonds is 4. The number of alkyl halides is 6. The van der Waals surface area contributed by atoms with Gasteiger partial charge in [-0.25, -0.2) is 4.98 Å². The fourth-order valence-electron chi connectivity index (χ4n) is 2.17. The second kappa shape index (κ2) is 7.26. The molecule has 0 aromatic carbocycles. The Morgan fingerprint density at radius 1 is 1.29 bits per heavy atom. The molecule has 0 radical (unpaired) electrons. The highest BCUT2D eigenvalue weighted by molar-refractivity contribution is 7.17. The fraction of sp³-hybridized carbons (Fsp3) is 0.286. The Kier molecular flexibility index (Phi) is 5.55. The van der Waals surface area contributed by atoms with E-state index in [1.165, 1.54) is 30.5 Å². The molecule has 7 nitrogen and oxygen atoms in total. The SMILES string of the molecule is CN(C)/C(=C/C=N)c1csc2c(=O)n(NC(=O)C(F)(F)F)c(C(F)(F)F)nc12. The molecule has 1 amide bonds. The molecule has 2 N–H and O–H groups in total. The van der Waals surface area contributed by atoms with Crippen LogP contribution >= 0.6 is 11.3 Å². The molecule has 0 unspecified atom stereocenters. The number of carbonyl (C=O) groups excluding carboxylic acids is 1. The van der Waals surface area contributed by atoms with Crippen molar-refractivity contribution in [2.75, 3.05) is 19.5 Å². The van der Waals surface area contributed by atoms with Crippen molar-refractivity contribution in [2.24, 2.45) is 0 Å². The summed E-state index contributed by atoms with van der Waals surface area (Å²) in [4.78, 5) is 28.2. The van der Waals surface area contributed by atoms with Gasteiger partial charge in [0.05, 0.1) is 5.52 Å². The van der Waals surface area contributed by atoms with Gasteiger partial charge in [0, 0.05) is 37.0 Å². The third kappa shape index (κ3) is 4.00. The van der Waals surface area contributed by atoms with Crippen LogP contribution in [0, 0.1) is 5.41 Å². The number of carbonyl (C=O) groups is 1. The van der Waals surface area contributed by atoms with Gasteiger partial charge in [-0.1, -0.05) is 0 Å². The average Bonchev–Trinajstić information content (AvgIpc) is 2.96. The van der Waals surface area contributed by atoms with Gasteiger partial charge in [-0.2, -0.15) is 31.0 Å². The lowest BCUT2D eigenvalue weighted by atomic mass is 10.2. The van der Waals surface area contributed by atoms with Crippen LogP contribution in [0.2, 0.25) is 0 Å². The topological polar surface area (TPSA) is 91.1 Å². The van der Waals surface area contributed by atoms with Gasteiger partial charge in [-0.05, 0) is 6.08 Å². The van der Waals surface area contributed by atoms with Gasteiger partial charge in [-0.15, -0.1) is 11.3 Å². The first-order valence-corrected chi connectivity index (χ1v) is 8.05. The molecule has 0 aliphatic heterocycles. The smallest absolute Gasteiger partial charge is 0.377 e. The van der Waals surface area contributed by atoms with Crippen LogP contribution in [0.15, 0.2) is 16.3 Å². The molecule has 28 heavy (non-hydrogen) atoms. The van der Waals surface area contributed by atoms with Crippen LogP contribution in [-0.2, 0) is 11.0 Å². The summed E-state index contributed by atoms with van der Waals surface area (Å²) in [6.07, 6.45) is -8.74. The molecule has 0 spiro atoms. The molecule has 2 heterocycles. The maximum absolute atomic E-state index is 13.3. The van der Waals surface area contributed by atoms with Gasteiger partial charge in [0.25, 0.3) is 5.56 Å². The number of nitrogens with zero attached hydrogens (tertiary/aromatic N) is 3. The summed E-state index contributed by atoms with van der Waals surface area (Å²) in [5.74, 6) is -4.77. The zero-order valence-electron chi connectivity index (χ0n) is 14.1. The molecule has 14 heteroatoms. The van der Waals surface area contributed by atoms with Crippen molar-refractivity contribution in [3.05, 3.63) is 33.2 Å². The summed E-state index contributed by atoms with van der Waals surface area (Å²) < 4.78 is 76.3. The summed E-state index contributed by atoms with van der Waals surface area (Å²) >= 11 is 0.642. The monoisotopic (exact) mass is 427 g/mol. The molecule has 0 bridgehead atoms. The lowest BCUT2D eigenvalue weighted by Gasteiger charge is -2.18. The van der Waals surface area contributed by atoms with Gasteiger partial charge in [0.2, 0.25) is 5.82 Å². The molecule has 0 saturated heterocycles. The molecule has 0 saturated carbocycles. The summed E-state index contributed by atoms with van der Waals surface area (Å²) in [5, 5.41) is 8.43. The Balaban J connectivity index is 2.83. The minimum absolute atomic E-state index is 0.0744. The molecule has 2 rings (SSSR count). The van der Waals surface area contributed by atoms with Crippen LogP contribution in [0.1, 0.15) is 11.4 Å².